The van der Waals surface area contributed by atoms with Crippen LogP contribution in [-0.2, 0) is 4.74 Å². The average molecular weight is 99.1 g/mol. The molecule has 0 unspecified atom stereocenters. The Morgan fingerprint density at radius 1 is 1.71 bits per heavy atom. The Morgan fingerprint density at radius 2 is 2.43 bits per heavy atom. The number of nitrogens with two attached hydrogens (primary N) is 1. The zero-order valence-corrected chi connectivity index (χ0v) is 4.13. The van der Waals surface area contributed by atoms with Crippen LogP contribution in [0.25, 0.3) is 0 Å². The van der Waals surface area contributed by atoms with E-state index in [1.54, 1.807) is 6.08 Å². The van der Waals surface area contributed by atoms with Gasteiger partial charge in [0.25, 0.3) is 0 Å². The van der Waals surface area contributed by atoms with Crippen LogP contribution in [0.2, 0.25) is 0 Å². The Balaban J connectivity index is 2.82. The Hall–Kier alpha value is -0.920. The highest BCUT2D eigenvalue weighted by molar-refractivity contribution is 4.69. The lowest BCUT2D eigenvalue weighted by atomic mass is 10.7. The SMILES string of the molecule is C=CCOC=CN. The molecule has 40 valence electrons. The molecule has 0 rings (SSSR count). The first-order valence-electron chi connectivity index (χ1n) is 2.01. The Labute approximate surface area is 43.3 Å². The molecule has 0 heterocycles. The van der Waals surface area contributed by atoms with Crippen molar-refractivity contribution >= 4 is 0 Å². The van der Waals surface area contributed by atoms with Crippen LogP contribution in [0.4, 0.5) is 0 Å². The van der Waals surface area contributed by atoms with E-state index in [4.69, 9.17) is 10.5 Å². The van der Waals surface area contributed by atoms with Gasteiger partial charge in [-0.1, -0.05) is 12.7 Å². The largest absolute Gasteiger partial charge is 0.496 e. The molecule has 0 aliphatic heterocycles. The normalized spacial score (nSPS) is 9.14. The second-order valence-electron chi connectivity index (χ2n) is 0.951. The summed E-state index contributed by atoms with van der Waals surface area (Å²) in [5.41, 5.74) is 4.93. The molecule has 0 radical (unpaired) electrons. The van der Waals surface area contributed by atoms with Crippen LogP contribution >= 0.6 is 0 Å². The first-order valence-corrected chi connectivity index (χ1v) is 2.01. The monoisotopic (exact) mass is 99.1 g/mol. The van der Waals surface area contributed by atoms with Gasteiger partial charge in [0, 0.05) is 6.20 Å². The van der Waals surface area contributed by atoms with Crippen molar-refractivity contribution in [2.24, 2.45) is 5.73 Å². The summed E-state index contributed by atoms with van der Waals surface area (Å²) >= 11 is 0. The molecule has 0 amide bonds. The third-order valence-electron chi connectivity index (χ3n) is 0.389. The molecule has 0 atom stereocenters. The molecule has 0 aliphatic rings. The van der Waals surface area contributed by atoms with Crippen molar-refractivity contribution in [3.8, 4) is 0 Å². The van der Waals surface area contributed by atoms with Crippen molar-refractivity contribution in [3.63, 3.8) is 0 Å². The molecule has 0 aromatic carbocycles. The third kappa shape index (κ3) is 5.08. The van der Waals surface area contributed by atoms with Crippen LogP contribution in [0.15, 0.2) is 25.1 Å². The predicted octanol–water partition coefficient (Wildman–Crippen LogP) is 0.619. The average Bonchev–Trinajstić information content (AvgIpc) is 1.69. The van der Waals surface area contributed by atoms with Crippen molar-refractivity contribution in [2.75, 3.05) is 6.61 Å². The second-order valence-corrected chi connectivity index (χ2v) is 0.951. The Bertz CT molecular complexity index is 68.5. The number of hydrogen-bond acceptors (Lipinski definition) is 2. The van der Waals surface area contributed by atoms with Gasteiger partial charge in [-0.05, 0) is 0 Å². The quantitative estimate of drug-likeness (QED) is 0.320. The van der Waals surface area contributed by atoms with Gasteiger partial charge >= 0.3 is 0 Å². The lowest BCUT2D eigenvalue weighted by Gasteiger charge is -1.88. The summed E-state index contributed by atoms with van der Waals surface area (Å²) in [6.45, 7) is 3.95. The van der Waals surface area contributed by atoms with Gasteiger partial charge in [0.15, 0.2) is 0 Å². The van der Waals surface area contributed by atoms with Gasteiger partial charge in [-0.3, -0.25) is 0 Å². The molecule has 0 spiro atoms. The van der Waals surface area contributed by atoms with Crippen LogP contribution in [0.5, 0.6) is 0 Å². The summed E-state index contributed by atoms with van der Waals surface area (Å²) in [6, 6.07) is 0. The lowest BCUT2D eigenvalue weighted by Crippen LogP contribution is -1.82. The first kappa shape index (κ1) is 6.08. The smallest absolute Gasteiger partial charge is 0.105 e. The summed E-state index contributed by atoms with van der Waals surface area (Å²) in [5, 5.41) is 0. The maximum atomic E-state index is 4.93. The summed E-state index contributed by atoms with van der Waals surface area (Å²) in [5.74, 6) is 0. The van der Waals surface area contributed by atoms with Crippen LogP contribution in [0.1, 0.15) is 0 Å². The van der Waals surface area contributed by atoms with E-state index < -0.39 is 0 Å². The fourth-order valence-corrected chi connectivity index (χ4v) is 0.179. The van der Waals surface area contributed by atoms with Gasteiger partial charge in [-0.25, -0.2) is 0 Å². The number of ether oxygens (including phenoxy) is 1. The van der Waals surface area contributed by atoms with Crippen molar-refractivity contribution in [2.45, 2.75) is 0 Å². The maximum absolute atomic E-state index is 4.93. The Morgan fingerprint density at radius 3 is 2.86 bits per heavy atom. The minimum absolute atomic E-state index is 0.522. The summed E-state index contributed by atoms with van der Waals surface area (Å²) in [6.07, 6.45) is 4.41. The maximum Gasteiger partial charge on any atom is 0.105 e. The molecule has 2 nitrogen and oxygen atoms in total. The van der Waals surface area contributed by atoms with Gasteiger partial charge < -0.3 is 10.5 Å². The molecule has 2 heteroatoms. The minimum Gasteiger partial charge on any atom is -0.496 e. The lowest BCUT2D eigenvalue weighted by molar-refractivity contribution is 0.289. The molecule has 2 N–H and O–H groups in total. The van der Waals surface area contributed by atoms with Crippen LogP contribution in [0, 0.1) is 0 Å². The summed E-state index contributed by atoms with van der Waals surface area (Å²) in [7, 11) is 0. The first-order chi connectivity index (χ1) is 3.41. The molecule has 0 aliphatic carbocycles. The highest BCUT2D eigenvalue weighted by Crippen LogP contribution is 1.72. The van der Waals surface area contributed by atoms with E-state index in [0.717, 1.165) is 0 Å². The molecule has 7 heavy (non-hydrogen) atoms. The van der Waals surface area contributed by atoms with E-state index >= 15 is 0 Å². The standard InChI is InChI=1S/C5H9NO/c1-2-4-7-5-3-6/h2-3,5H,1,4,6H2. The van der Waals surface area contributed by atoms with Gasteiger partial charge in [0.05, 0.1) is 6.26 Å². The molecular formula is C5H9NO. The van der Waals surface area contributed by atoms with E-state index in [1.807, 2.05) is 0 Å². The van der Waals surface area contributed by atoms with E-state index in [0.29, 0.717) is 6.61 Å². The minimum atomic E-state index is 0.522. The zero-order chi connectivity index (χ0) is 5.54. The van der Waals surface area contributed by atoms with Crippen molar-refractivity contribution in [3.05, 3.63) is 25.1 Å². The summed E-state index contributed by atoms with van der Waals surface area (Å²) in [4.78, 5) is 0. The van der Waals surface area contributed by atoms with E-state index in [9.17, 15) is 0 Å². The second kappa shape index (κ2) is 5.08. The van der Waals surface area contributed by atoms with E-state index in [2.05, 4.69) is 6.58 Å². The van der Waals surface area contributed by atoms with Crippen LogP contribution in [-0.4, -0.2) is 6.61 Å². The zero-order valence-electron chi connectivity index (χ0n) is 4.13. The van der Waals surface area contributed by atoms with Crippen LogP contribution < -0.4 is 5.73 Å². The van der Waals surface area contributed by atoms with Gasteiger partial charge in [0.1, 0.15) is 6.61 Å². The molecule has 0 fully saturated rings. The van der Waals surface area contributed by atoms with Crippen molar-refractivity contribution in [1.29, 1.82) is 0 Å². The van der Waals surface area contributed by atoms with Crippen molar-refractivity contribution in [1.82, 2.24) is 0 Å². The summed E-state index contributed by atoms with van der Waals surface area (Å²) < 4.78 is 4.71. The highest BCUT2D eigenvalue weighted by atomic mass is 16.5. The van der Waals surface area contributed by atoms with Gasteiger partial charge in [0.2, 0.25) is 0 Å². The van der Waals surface area contributed by atoms with E-state index in [1.165, 1.54) is 12.5 Å². The molecule has 0 bridgehead atoms. The third-order valence-corrected chi connectivity index (χ3v) is 0.389. The van der Waals surface area contributed by atoms with Crippen LogP contribution in [0.3, 0.4) is 0 Å². The Kier molecular flexibility index (Phi) is 4.41. The number of hydrogen-bond donors (Lipinski definition) is 1. The van der Waals surface area contributed by atoms with Crippen molar-refractivity contribution < 1.29 is 4.74 Å². The predicted molar refractivity (Wildman–Crippen MR) is 29.5 cm³/mol. The molecule has 0 aromatic heterocycles. The molecule has 0 aromatic rings. The fourth-order valence-electron chi connectivity index (χ4n) is 0.179. The molecule has 0 saturated carbocycles. The van der Waals surface area contributed by atoms with E-state index in [-0.39, 0.29) is 0 Å². The fraction of sp³-hybridized carbons (Fsp3) is 0.200. The molecular weight excluding hydrogens is 90.1 g/mol. The van der Waals surface area contributed by atoms with Gasteiger partial charge in [-0.2, -0.15) is 0 Å². The number of rotatable bonds is 3. The van der Waals surface area contributed by atoms with Gasteiger partial charge in [-0.15, -0.1) is 0 Å². The topological polar surface area (TPSA) is 35.2 Å². The highest BCUT2D eigenvalue weighted by Gasteiger charge is 1.64. The molecule has 0 saturated heterocycles.